The number of nitrogens with zero attached hydrogens (tertiary/aromatic N) is 2. The number of hydrogen-bond donors (Lipinski definition) is 1. The van der Waals surface area contributed by atoms with Crippen molar-refractivity contribution in [2.24, 2.45) is 0 Å². The molecule has 0 spiro atoms. The first-order valence-corrected chi connectivity index (χ1v) is 14.6. The molecule has 0 aliphatic rings. The molecule has 0 bridgehead atoms. The van der Waals surface area contributed by atoms with Crippen molar-refractivity contribution in [1.82, 2.24) is 10.2 Å². The maximum absolute atomic E-state index is 13.9. The highest BCUT2D eigenvalue weighted by atomic mass is 32.2. The molecule has 1 N–H and O–H groups in total. The molecule has 0 heterocycles. The number of anilines is 1. The van der Waals surface area contributed by atoms with Gasteiger partial charge in [-0.25, -0.2) is 8.42 Å². The lowest BCUT2D eigenvalue weighted by Crippen LogP contribution is -2.53. The smallest absolute Gasteiger partial charge is 0.244 e. The molecule has 0 saturated heterocycles. The number of sulfonamides is 1. The summed E-state index contributed by atoms with van der Waals surface area (Å²) in [5.41, 5.74) is 1.18. The van der Waals surface area contributed by atoms with Crippen molar-refractivity contribution in [3.05, 3.63) is 72.3 Å². The minimum absolute atomic E-state index is 0.0616. The largest absolute Gasteiger partial charge is 0.497 e. The standard InChI is InChI=1S/C29H37N3O5S/c1-6-21(3)30-29(34)26(7-2)31(19-22-12-10-15-24(18-22)37-4)28(33)20-32(38(5,35)36)27-17-11-14-23-13-8-9-16-25(23)27/h8-18,21,26H,6-7,19-20H2,1-5H3,(H,30,34)/t21-,26-/m1/s1. The molecule has 0 saturated carbocycles. The first-order valence-electron chi connectivity index (χ1n) is 12.8. The highest BCUT2D eigenvalue weighted by molar-refractivity contribution is 7.92. The molecule has 3 aromatic rings. The molecule has 0 aliphatic carbocycles. The lowest BCUT2D eigenvalue weighted by Gasteiger charge is -2.33. The molecule has 204 valence electrons. The van der Waals surface area contributed by atoms with Gasteiger partial charge in [0, 0.05) is 18.0 Å². The topological polar surface area (TPSA) is 96.0 Å². The first kappa shape index (κ1) is 29.0. The van der Waals surface area contributed by atoms with Gasteiger partial charge in [-0.3, -0.25) is 13.9 Å². The first-order chi connectivity index (χ1) is 18.1. The van der Waals surface area contributed by atoms with Gasteiger partial charge in [0.05, 0.1) is 19.1 Å². The molecule has 0 radical (unpaired) electrons. The molecule has 3 rings (SSSR count). The quantitative estimate of drug-likeness (QED) is 0.370. The van der Waals surface area contributed by atoms with Crippen LogP contribution in [0.3, 0.4) is 0 Å². The van der Waals surface area contributed by atoms with Crippen LogP contribution in [0.1, 0.15) is 39.2 Å². The van der Waals surface area contributed by atoms with Crippen molar-refractivity contribution in [1.29, 1.82) is 0 Å². The van der Waals surface area contributed by atoms with E-state index in [-0.39, 0.29) is 18.5 Å². The number of benzene rings is 3. The summed E-state index contributed by atoms with van der Waals surface area (Å²) < 4.78 is 32.4. The van der Waals surface area contributed by atoms with Crippen LogP contribution in [0.4, 0.5) is 5.69 Å². The third-order valence-corrected chi connectivity index (χ3v) is 7.71. The van der Waals surface area contributed by atoms with E-state index >= 15 is 0 Å². The molecule has 8 nitrogen and oxygen atoms in total. The third-order valence-electron chi connectivity index (χ3n) is 6.59. The Bertz CT molecular complexity index is 1370. The zero-order valence-corrected chi connectivity index (χ0v) is 23.5. The zero-order valence-electron chi connectivity index (χ0n) is 22.7. The summed E-state index contributed by atoms with van der Waals surface area (Å²) in [7, 11) is -2.27. The normalized spacial score (nSPS) is 13.0. The van der Waals surface area contributed by atoms with Crippen molar-refractivity contribution in [2.75, 3.05) is 24.2 Å². The average Bonchev–Trinajstić information content (AvgIpc) is 2.90. The summed E-state index contributed by atoms with van der Waals surface area (Å²) in [5.74, 6) is -0.119. The lowest BCUT2D eigenvalue weighted by atomic mass is 10.1. The van der Waals surface area contributed by atoms with Crippen LogP contribution in [0.2, 0.25) is 0 Å². The molecule has 0 aliphatic heterocycles. The van der Waals surface area contributed by atoms with Gasteiger partial charge in [-0.2, -0.15) is 0 Å². The highest BCUT2D eigenvalue weighted by Gasteiger charge is 2.32. The fraction of sp³-hybridized carbons (Fsp3) is 0.379. The average molecular weight is 540 g/mol. The highest BCUT2D eigenvalue weighted by Crippen LogP contribution is 2.29. The summed E-state index contributed by atoms with van der Waals surface area (Å²) in [6.07, 6.45) is 2.20. The molecule has 0 fully saturated rings. The van der Waals surface area contributed by atoms with Gasteiger partial charge in [0.15, 0.2) is 0 Å². The zero-order chi connectivity index (χ0) is 27.9. The van der Waals surface area contributed by atoms with Crippen molar-refractivity contribution >= 4 is 38.3 Å². The molecule has 0 aromatic heterocycles. The number of carbonyl (C=O) groups is 2. The van der Waals surface area contributed by atoms with Gasteiger partial charge in [0.25, 0.3) is 0 Å². The van der Waals surface area contributed by atoms with E-state index in [9.17, 15) is 18.0 Å². The summed E-state index contributed by atoms with van der Waals surface area (Å²) in [6.45, 7) is 5.40. The van der Waals surface area contributed by atoms with Crippen LogP contribution >= 0.6 is 0 Å². The molecular weight excluding hydrogens is 502 g/mol. The van der Waals surface area contributed by atoms with Crippen molar-refractivity contribution in [3.63, 3.8) is 0 Å². The molecule has 2 amide bonds. The second-order valence-corrected chi connectivity index (χ2v) is 11.3. The van der Waals surface area contributed by atoms with E-state index < -0.39 is 28.5 Å². The molecule has 38 heavy (non-hydrogen) atoms. The molecule has 3 aromatic carbocycles. The summed E-state index contributed by atoms with van der Waals surface area (Å²) in [5, 5.41) is 4.55. The van der Waals surface area contributed by atoms with E-state index in [0.29, 0.717) is 23.2 Å². The van der Waals surface area contributed by atoms with Crippen molar-refractivity contribution in [3.8, 4) is 5.75 Å². The van der Waals surface area contributed by atoms with E-state index in [1.807, 2.05) is 63.2 Å². The molecule has 0 unspecified atom stereocenters. The predicted molar refractivity (Wildman–Crippen MR) is 152 cm³/mol. The van der Waals surface area contributed by atoms with Gasteiger partial charge in [-0.15, -0.1) is 0 Å². The number of rotatable bonds is 12. The Morgan fingerprint density at radius 1 is 0.974 bits per heavy atom. The fourth-order valence-corrected chi connectivity index (χ4v) is 5.21. The lowest BCUT2D eigenvalue weighted by molar-refractivity contribution is -0.140. The van der Waals surface area contributed by atoms with Crippen LogP contribution in [0.15, 0.2) is 66.7 Å². The number of amides is 2. The molecule has 2 atom stereocenters. The van der Waals surface area contributed by atoms with E-state index in [0.717, 1.165) is 27.9 Å². The Balaban J connectivity index is 2.03. The number of methoxy groups -OCH3 is 1. The van der Waals surface area contributed by atoms with Crippen LogP contribution in [-0.2, 0) is 26.2 Å². The van der Waals surface area contributed by atoms with E-state index in [1.165, 1.54) is 4.90 Å². The Hall–Kier alpha value is -3.59. The predicted octanol–water partition coefficient (Wildman–Crippen LogP) is 4.34. The second kappa shape index (κ2) is 12.8. The molecule has 9 heteroatoms. The molecular formula is C29H37N3O5S. The minimum atomic E-state index is -3.83. The Kier molecular flexibility index (Phi) is 9.74. The van der Waals surface area contributed by atoms with Crippen LogP contribution in [-0.4, -0.2) is 57.1 Å². The number of ether oxygens (including phenoxy) is 1. The van der Waals surface area contributed by atoms with Gasteiger partial charge in [-0.1, -0.05) is 62.4 Å². The van der Waals surface area contributed by atoms with Gasteiger partial charge in [0.2, 0.25) is 21.8 Å². The third kappa shape index (κ3) is 7.04. The van der Waals surface area contributed by atoms with Crippen LogP contribution in [0.25, 0.3) is 10.8 Å². The van der Waals surface area contributed by atoms with Gasteiger partial charge < -0.3 is 15.0 Å². The summed E-state index contributed by atoms with van der Waals surface area (Å²) in [6, 6.07) is 19.2. The van der Waals surface area contributed by atoms with Gasteiger partial charge in [-0.05, 0) is 48.9 Å². The van der Waals surface area contributed by atoms with Crippen molar-refractivity contribution < 1.29 is 22.7 Å². The second-order valence-electron chi connectivity index (χ2n) is 9.38. The van der Waals surface area contributed by atoms with Gasteiger partial charge >= 0.3 is 0 Å². The van der Waals surface area contributed by atoms with E-state index in [2.05, 4.69) is 5.32 Å². The van der Waals surface area contributed by atoms with E-state index in [4.69, 9.17) is 4.74 Å². The number of hydrogen-bond acceptors (Lipinski definition) is 5. The van der Waals surface area contributed by atoms with Crippen LogP contribution < -0.4 is 14.4 Å². The number of carbonyl (C=O) groups excluding carboxylic acids is 2. The number of nitrogens with one attached hydrogen (secondary N) is 1. The Morgan fingerprint density at radius 2 is 1.66 bits per heavy atom. The van der Waals surface area contributed by atoms with E-state index in [1.54, 1.807) is 31.4 Å². The maximum Gasteiger partial charge on any atom is 0.244 e. The Morgan fingerprint density at radius 3 is 2.32 bits per heavy atom. The summed E-state index contributed by atoms with van der Waals surface area (Å²) in [4.78, 5) is 28.7. The van der Waals surface area contributed by atoms with Crippen LogP contribution in [0.5, 0.6) is 5.75 Å². The van der Waals surface area contributed by atoms with Crippen molar-refractivity contribution in [2.45, 2.75) is 52.2 Å². The fourth-order valence-electron chi connectivity index (χ4n) is 4.35. The number of fused-ring (bicyclic) bond motifs is 1. The Labute approximate surface area is 225 Å². The van der Waals surface area contributed by atoms with Crippen LogP contribution in [0, 0.1) is 0 Å². The minimum Gasteiger partial charge on any atom is -0.497 e. The summed E-state index contributed by atoms with van der Waals surface area (Å²) >= 11 is 0. The monoisotopic (exact) mass is 539 g/mol. The SMILES string of the molecule is CC[C@@H](C)NC(=O)[C@@H](CC)N(Cc1cccc(OC)c1)C(=O)CN(c1cccc2ccccc12)S(C)(=O)=O. The van der Waals surface area contributed by atoms with Gasteiger partial charge in [0.1, 0.15) is 18.3 Å². The maximum atomic E-state index is 13.9.